The van der Waals surface area contributed by atoms with E-state index in [0.29, 0.717) is 6.42 Å². The van der Waals surface area contributed by atoms with Crippen LogP contribution < -0.4 is 0 Å². The Bertz CT molecular complexity index is 279. The van der Waals surface area contributed by atoms with E-state index < -0.39 is 0 Å². The molecule has 0 aliphatic carbocycles. The zero-order valence-electron chi connectivity index (χ0n) is 17.2. The van der Waals surface area contributed by atoms with Crippen LogP contribution >= 0.6 is 0 Å². The van der Waals surface area contributed by atoms with Gasteiger partial charge in [0, 0.05) is 6.42 Å². The van der Waals surface area contributed by atoms with Crippen molar-refractivity contribution >= 4 is 5.97 Å². The van der Waals surface area contributed by atoms with Gasteiger partial charge in [0.05, 0.1) is 12.9 Å². The van der Waals surface area contributed by atoms with Crippen LogP contribution in [0.15, 0.2) is 12.8 Å². The Morgan fingerprint density at radius 1 is 0.808 bits per heavy atom. The van der Waals surface area contributed by atoms with E-state index in [1.54, 1.807) is 0 Å². The SMILES string of the molecule is C=CO.CCCCCCCCCCCCCCCCCC(=O)OCCO. The molecule has 0 aromatic rings. The van der Waals surface area contributed by atoms with Crippen LogP contribution in [0.4, 0.5) is 0 Å². The van der Waals surface area contributed by atoms with Crippen LogP contribution in [0, 0.1) is 0 Å². The first-order chi connectivity index (χ1) is 12.7. The average Bonchev–Trinajstić information content (AvgIpc) is 2.64. The van der Waals surface area contributed by atoms with Crippen molar-refractivity contribution in [1.29, 1.82) is 0 Å². The summed E-state index contributed by atoms with van der Waals surface area (Å²) in [6.07, 6.45) is 21.2. The lowest BCUT2D eigenvalue weighted by molar-refractivity contribution is -0.144. The Balaban J connectivity index is 0. The van der Waals surface area contributed by atoms with Gasteiger partial charge < -0.3 is 14.9 Å². The third-order valence-electron chi connectivity index (χ3n) is 4.34. The van der Waals surface area contributed by atoms with Gasteiger partial charge in [0.25, 0.3) is 0 Å². The van der Waals surface area contributed by atoms with Crippen molar-refractivity contribution in [3.63, 3.8) is 0 Å². The van der Waals surface area contributed by atoms with E-state index in [4.69, 9.17) is 14.9 Å². The number of ether oxygens (including phenoxy) is 1. The highest BCUT2D eigenvalue weighted by atomic mass is 16.5. The van der Waals surface area contributed by atoms with Crippen LogP contribution in [0.3, 0.4) is 0 Å². The van der Waals surface area contributed by atoms with Gasteiger partial charge in [-0.15, -0.1) is 0 Å². The summed E-state index contributed by atoms with van der Waals surface area (Å²) in [5.74, 6) is -0.172. The molecule has 0 unspecified atom stereocenters. The Labute approximate surface area is 162 Å². The van der Waals surface area contributed by atoms with E-state index in [0.717, 1.165) is 19.1 Å². The van der Waals surface area contributed by atoms with Gasteiger partial charge in [0.1, 0.15) is 6.61 Å². The van der Waals surface area contributed by atoms with Crippen molar-refractivity contribution in [3.8, 4) is 0 Å². The first-order valence-corrected chi connectivity index (χ1v) is 10.7. The fourth-order valence-corrected chi connectivity index (χ4v) is 2.87. The molecule has 4 nitrogen and oxygen atoms in total. The standard InChI is InChI=1S/C20H40O3.C2H4O/c1-2-3-4-5-6-7-8-9-10-11-12-13-14-15-16-17-20(22)23-19-18-21;1-2-3/h21H,2-19H2,1H3;2-3H,1H2. The second-order valence-corrected chi connectivity index (χ2v) is 6.83. The third-order valence-corrected chi connectivity index (χ3v) is 4.34. The van der Waals surface area contributed by atoms with E-state index in [1.165, 1.54) is 83.5 Å². The van der Waals surface area contributed by atoms with Crippen LogP contribution in [0.25, 0.3) is 0 Å². The predicted molar refractivity (Wildman–Crippen MR) is 110 cm³/mol. The zero-order chi connectivity index (χ0) is 19.7. The minimum absolute atomic E-state index is 0.0788. The molecule has 0 bridgehead atoms. The van der Waals surface area contributed by atoms with Gasteiger partial charge in [-0.1, -0.05) is 103 Å². The summed E-state index contributed by atoms with van der Waals surface area (Å²) in [6.45, 7) is 5.25. The normalized spacial score (nSPS) is 10.1. The number of aliphatic hydroxyl groups is 2. The zero-order valence-corrected chi connectivity index (χ0v) is 17.2. The maximum atomic E-state index is 11.2. The molecule has 0 spiro atoms. The van der Waals surface area contributed by atoms with Crippen molar-refractivity contribution in [2.75, 3.05) is 13.2 Å². The van der Waals surface area contributed by atoms with Crippen molar-refractivity contribution in [2.24, 2.45) is 0 Å². The first-order valence-electron chi connectivity index (χ1n) is 10.7. The third kappa shape index (κ3) is 27.8. The lowest BCUT2D eigenvalue weighted by Crippen LogP contribution is -2.07. The van der Waals surface area contributed by atoms with Crippen LogP contribution in [-0.2, 0) is 9.53 Å². The molecule has 2 N–H and O–H groups in total. The van der Waals surface area contributed by atoms with Gasteiger partial charge in [-0.2, -0.15) is 0 Å². The monoisotopic (exact) mass is 372 g/mol. The first kappa shape index (κ1) is 27.2. The number of esters is 1. The molecule has 0 saturated heterocycles. The number of hydrogen-bond donors (Lipinski definition) is 2. The van der Waals surface area contributed by atoms with Crippen LogP contribution in [0.2, 0.25) is 0 Å². The smallest absolute Gasteiger partial charge is 0.305 e. The van der Waals surface area contributed by atoms with E-state index >= 15 is 0 Å². The van der Waals surface area contributed by atoms with Gasteiger partial charge in [-0.3, -0.25) is 4.79 Å². The van der Waals surface area contributed by atoms with Crippen LogP contribution in [0.5, 0.6) is 0 Å². The van der Waals surface area contributed by atoms with Gasteiger partial charge in [-0.25, -0.2) is 0 Å². The van der Waals surface area contributed by atoms with Gasteiger partial charge in [0.2, 0.25) is 0 Å². The Morgan fingerprint density at radius 2 is 1.15 bits per heavy atom. The van der Waals surface area contributed by atoms with Crippen LogP contribution in [0.1, 0.15) is 110 Å². The molecular weight excluding hydrogens is 328 g/mol. The molecule has 156 valence electrons. The second-order valence-electron chi connectivity index (χ2n) is 6.83. The summed E-state index contributed by atoms with van der Waals surface area (Å²) < 4.78 is 4.82. The van der Waals surface area contributed by atoms with Crippen molar-refractivity contribution in [1.82, 2.24) is 0 Å². The quantitative estimate of drug-likeness (QED) is 0.164. The Morgan fingerprint density at radius 3 is 1.50 bits per heavy atom. The maximum Gasteiger partial charge on any atom is 0.305 e. The molecule has 26 heavy (non-hydrogen) atoms. The van der Waals surface area contributed by atoms with Gasteiger partial charge in [0.15, 0.2) is 0 Å². The topological polar surface area (TPSA) is 66.8 Å². The molecule has 0 fully saturated rings. The number of aliphatic hydroxyl groups excluding tert-OH is 2. The molecule has 0 atom stereocenters. The lowest BCUT2D eigenvalue weighted by atomic mass is 10.0. The molecule has 0 rings (SSSR count). The molecule has 4 heteroatoms. The van der Waals surface area contributed by atoms with Gasteiger partial charge >= 0.3 is 5.97 Å². The van der Waals surface area contributed by atoms with Crippen LogP contribution in [-0.4, -0.2) is 29.4 Å². The highest BCUT2D eigenvalue weighted by Crippen LogP contribution is 2.13. The molecule has 0 heterocycles. The summed E-state index contributed by atoms with van der Waals surface area (Å²) >= 11 is 0. The minimum Gasteiger partial charge on any atom is -0.516 e. The minimum atomic E-state index is -0.172. The highest BCUT2D eigenvalue weighted by molar-refractivity contribution is 5.69. The predicted octanol–water partition coefficient (Wildman–Crippen LogP) is 6.47. The molecular formula is C22H44O4. The number of carbonyl (C=O) groups excluding carboxylic acids is 1. The molecule has 0 aliphatic heterocycles. The van der Waals surface area contributed by atoms with E-state index in [-0.39, 0.29) is 19.2 Å². The number of carbonyl (C=O) groups is 1. The summed E-state index contributed by atoms with van der Waals surface area (Å²) in [7, 11) is 0. The van der Waals surface area contributed by atoms with E-state index in [9.17, 15) is 4.79 Å². The maximum absolute atomic E-state index is 11.2. The van der Waals surface area contributed by atoms with Crippen molar-refractivity contribution in [2.45, 2.75) is 110 Å². The molecule has 0 amide bonds. The molecule has 0 aromatic heterocycles. The largest absolute Gasteiger partial charge is 0.516 e. The lowest BCUT2D eigenvalue weighted by Gasteiger charge is -2.04. The number of hydrogen-bond acceptors (Lipinski definition) is 4. The molecule has 0 radical (unpaired) electrons. The second kappa shape index (κ2) is 26.2. The molecule has 0 saturated carbocycles. The number of unbranched alkanes of at least 4 members (excludes halogenated alkanes) is 14. The molecule has 0 aromatic carbocycles. The Hall–Kier alpha value is -1.03. The van der Waals surface area contributed by atoms with Crippen molar-refractivity contribution < 1.29 is 19.7 Å². The van der Waals surface area contributed by atoms with Crippen molar-refractivity contribution in [3.05, 3.63) is 12.8 Å². The number of rotatable bonds is 18. The summed E-state index contributed by atoms with van der Waals surface area (Å²) in [5.41, 5.74) is 0. The van der Waals surface area contributed by atoms with Gasteiger partial charge in [-0.05, 0) is 6.42 Å². The highest BCUT2D eigenvalue weighted by Gasteiger charge is 2.01. The van der Waals surface area contributed by atoms with E-state index in [1.807, 2.05) is 0 Å². The van der Waals surface area contributed by atoms with E-state index in [2.05, 4.69) is 13.5 Å². The average molecular weight is 373 g/mol. The Kier molecular flexibility index (Phi) is 27.4. The fraction of sp³-hybridized carbons (Fsp3) is 0.864. The summed E-state index contributed by atoms with van der Waals surface area (Å²) in [4.78, 5) is 11.2. The molecule has 0 aliphatic rings. The summed E-state index contributed by atoms with van der Waals surface area (Å²) in [5, 5.41) is 15.9. The fourth-order valence-electron chi connectivity index (χ4n) is 2.87. The summed E-state index contributed by atoms with van der Waals surface area (Å²) in [6, 6.07) is 0.